The summed E-state index contributed by atoms with van der Waals surface area (Å²) in [6.07, 6.45) is 1.74. The third kappa shape index (κ3) is 6.42. The summed E-state index contributed by atoms with van der Waals surface area (Å²) < 4.78 is 10.7. The van der Waals surface area contributed by atoms with Gasteiger partial charge in [-0.3, -0.25) is 9.79 Å². The minimum atomic E-state index is -0.0365. The fourth-order valence-corrected chi connectivity index (χ4v) is 2.13. The number of hydrogen-bond acceptors (Lipinski definition) is 4. The van der Waals surface area contributed by atoms with Gasteiger partial charge in [0, 0.05) is 20.1 Å². The van der Waals surface area contributed by atoms with Gasteiger partial charge in [-0.05, 0) is 30.5 Å². The lowest BCUT2D eigenvalue weighted by atomic mass is 10.1. The molecule has 0 unspecified atom stereocenters. The molecule has 1 amide bonds. The Morgan fingerprint density at radius 1 is 1.17 bits per heavy atom. The van der Waals surface area contributed by atoms with Crippen molar-refractivity contribution in [2.75, 3.05) is 33.5 Å². The average Bonchev–Trinajstić information content (AvgIpc) is 3.03. The van der Waals surface area contributed by atoms with Gasteiger partial charge in [0.15, 0.2) is 17.5 Å². The number of carbonyl (C=O) groups is 1. The lowest BCUT2D eigenvalue weighted by Gasteiger charge is -2.12. The number of guanidine groups is 1. The van der Waals surface area contributed by atoms with Crippen molar-refractivity contribution < 1.29 is 14.3 Å². The molecule has 0 bridgehead atoms. The van der Waals surface area contributed by atoms with Crippen LogP contribution in [-0.4, -0.2) is 45.3 Å². The minimum absolute atomic E-state index is 0. The predicted octanol–water partition coefficient (Wildman–Crippen LogP) is 1.27. The van der Waals surface area contributed by atoms with E-state index >= 15 is 0 Å². The summed E-state index contributed by atoms with van der Waals surface area (Å²) in [5, 5.41) is 8.98. The van der Waals surface area contributed by atoms with Gasteiger partial charge in [-0.25, -0.2) is 0 Å². The number of rotatable bonds is 7. The quantitative estimate of drug-likeness (QED) is 0.333. The van der Waals surface area contributed by atoms with E-state index in [9.17, 15) is 4.79 Å². The number of ether oxygens (including phenoxy) is 2. The number of fused-ring (bicyclic) bond motifs is 1. The fourth-order valence-electron chi connectivity index (χ4n) is 2.13. The van der Waals surface area contributed by atoms with Crippen LogP contribution in [0.5, 0.6) is 11.5 Å². The highest BCUT2D eigenvalue weighted by Crippen LogP contribution is 2.32. The number of amides is 1. The number of benzene rings is 1. The maximum absolute atomic E-state index is 11.5. The van der Waals surface area contributed by atoms with E-state index in [-0.39, 0.29) is 43.2 Å². The van der Waals surface area contributed by atoms with Crippen LogP contribution in [-0.2, 0) is 11.2 Å². The summed E-state index contributed by atoms with van der Waals surface area (Å²) in [4.78, 5) is 15.6. The van der Waals surface area contributed by atoms with Gasteiger partial charge in [-0.15, -0.1) is 24.0 Å². The van der Waals surface area contributed by atoms with E-state index in [1.165, 1.54) is 0 Å². The second kappa shape index (κ2) is 11.0. The molecule has 3 N–H and O–H groups in total. The highest BCUT2D eigenvalue weighted by atomic mass is 127. The van der Waals surface area contributed by atoms with Crippen molar-refractivity contribution in [3.63, 3.8) is 0 Å². The molecule has 2 rings (SSSR count). The first kappa shape index (κ1) is 20.3. The molecule has 0 aromatic heterocycles. The molecule has 1 aliphatic heterocycles. The molecule has 1 aromatic rings. The number of nitrogens with zero attached hydrogens (tertiary/aromatic N) is 1. The molecule has 1 aliphatic rings. The number of halogens is 1. The zero-order valence-corrected chi connectivity index (χ0v) is 16.4. The van der Waals surface area contributed by atoms with Crippen LogP contribution in [0.25, 0.3) is 0 Å². The van der Waals surface area contributed by atoms with Crippen molar-refractivity contribution in [2.45, 2.75) is 19.8 Å². The van der Waals surface area contributed by atoms with Crippen LogP contribution in [0.4, 0.5) is 0 Å². The van der Waals surface area contributed by atoms with Gasteiger partial charge >= 0.3 is 0 Å². The van der Waals surface area contributed by atoms with E-state index in [1.54, 1.807) is 7.05 Å². The molecule has 0 saturated heterocycles. The first-order valence-corrected chi connectivity index (χ1v) is 7.82. The summed E-state index contributed by atoms with van der Waals surface area (Å²) in [6.45, 7) is 3.91. The third-order valence-electron chi connectivity index (χ3n) is 3.36. The standard InChI is InChI=1S/C16H24N4O3.HI/c1-3-7-18-15(21)10-20-16(17-2)19-8-6-12-4-5-13-14(9-12)23-11-22-13;/h4-5,9H,3,6-8,10-11H2,1-2H3,(H,18,21)(H2,17,19,20);1H. The molecule has 0 atom stereocenters. The molecule has 0 saturated carbocycles. The molecule has 134 valence electrons. The molecule has 24 heavy (non-hydrogen) atoms. The number of nitrogens with one attached hydrogen (secondary N) is 3. The van der Waals surface area contributed by atoms with E-state index in [0.29, 0.717) is 19.0 Å². The zero-order chi connectivity index (χ0) is 16.5. The van der Waals surface area contributed by atoms with Crippen molar-refractivity contribution in [3.05, 3.63) is 23.8 Å². The number of hydrogen-bond donors (Lipinski definition) is 3. The van der Waals surface area contributed by atoms with E-state index in [0.717, 1.165) is 29.9 Å². The molecular formula is C16H25IN4O3. The Kier molecular flexibility index (Phi) is 9.28. The highest BCUT2D eigenvalue weighted by Gasteiger charge is 2.12. The van der Waals surface area contributed by atoms with E-state index in [1.807, 2.05) is 25.1 Å². The largest absolute Gasteiger partial charge is 0.454 e. The normalized spacial score (nSPS) is 12.3. The van der Waals surface area contributed by atoms with E-state index in [4.69, 9.17) is 9.47 Å². The van der Waals surface area contributed by atoms with Crippen molar-refractivity contribution >= 4 is 35.8 Å². The number of carbonyl (C=O) groups excluding carboxylic acids is 1. The zero-order valence-electron chi connectivity index (χ0n) is 14.1. The Morgan fingerprint density at radius 3 is 2.71 bits per heavy atom. The molecule has 0 spiro atoms. The molecule has 0 radical (unpaired) electrons. The SMILES string of the molecule is CCCNC(=O)CNC(=NC)NCCc1ccc2c(c1)OCO2.I. The maximum atomic E-state index is 11.5. The summed E-state index contributed by atoms with van der Waals surface area (Å²) >= 11 is 0. The third-order valence-corrected chi connectivity index (χ3v) is 3.36. The molecular weight excluding hydrogens is 423 g/mol. The minimum Gasteiger partial charge on any atom is -0.454 e. The van der Waals surface area contributed by atoms with Gasteiger partial charge in [-0.2, -0.15) is 0 Å². The van der Waals surface area contributed by atoms with Crippen molar-refractivity contribution in [2.24, 2.45) is 4.99 Å². The van der Waals surface area contributed by atoms with Crippen molar-refractivity contribution in [1.82, 2.24) is 16.0 Å². The smallest absolute Gasteiger partial charge is 0.239 e. The molecule has 7 nitrogen and oxygen atoms in total. The Balaban J connectivity index is 0.00000288. The van der Waals surface area contributed by atoms with Crippen LogP contribution < -0.4 is 25.4 Å². The lowest BCUT2D eigenvalue weighted by Crippen LogP contribution is -2.43. The van der Waals surface area contributed by atoms with Crippen LogP contribution in [0.2, 0.25) is 0 Å². The highest BCUT2D eigenvalue weighted by molar-refractivity contribution is 14.0. The summed E-state index contributed by atoms with van der Waals surface area (Å²) in [6, 6.07) is 5.92. The average molecular weight is 448 g/mol. The van der Waals surface area contributed by atoms with Gasteiger partial charge in [0.1, 0.15) is 0 Å². The Bertz CT molecular complexity index is 566. The monoisotopic (exact) mass is 448 g/mol. The summed E-state index contributed by atoms with van der Waals surface area (Å²) in [5.41, 5.74) is 1.15. The number of aliphatic imine (C=N–C) groups is 1. The Morgan fingerprint density at radius 2 is 1.96 bits per heavy atom. The molecule has 8 heteroatoms. The predicted molar refractivity (Wildman–Crippen MR) is 104 cm³/mol. The second-order valence-electron chi connectivity index (χ2n) is 5.14. The van der Waals surface area contributed by atoms with Gasteiger partial charge < -0.3 is 25.4 Å². The summed E-state index contributed by atoms with van der Waals surface area (Å²) in [7, 11) is 1.68. The van der Waals surface area contributed by atoms with Crippen LogP contribution in [0.3, 0.4) is 0 Å². The first-order chi connectivity index (χ1) is 11.2. The second-order valence-corrected chi connectivity index (χ2v) is 5.14. The van der Waals surface area contributed by atoms with E-state index < -0.39 is 0 Å². The van der Waals surface area contributed by atoms with E-state index in [2.05, 4.69) is 20.9 Å². The van der Waals surface area contributed by atoms with Crippen molar-refractivity contribution in [3.8, 4) is 11.5 Å². The van der Waals surface area contributed by atoms with Gasteiger partial charge in [0.25, 0.3) is 0 Å². The molecule has 0 fully saturated rings. The summed E-state index contributed by atoms with van der Waals surface area (Å²) in [5.74, 6) is 2.15. The molecule has 1 heterocycles. The van der Waals surface area contributed by atoms with Crippen LogP contribution in [0, 0.1) is 0 Å². The topological polar surface area (TPSA) is 84.0 Å². The lowest BCUT2D eigenvalue weighted by molar-refractivity contribution is -0.120. The Hall–Kier alpha value is -1.71. The molecule has 1 aromatic carbocycles. The van der Waals surface area contributed by atoms with Crippen LogP contribution >= 0.6 is 24.0 Å². The Labute approximate surface area is 159 Å². The van der Waals surface area contributed by atoms with Gasteiger partial charge in [0.2, 0.25) is 12.7 Å². The van der Waals surface area contributed by atoms with Crippen LogP contribution in [0.15, 0.2) is 23.2 Å². The van der Waals surface area contributed by atoms with Gasteiger partial charge in [-0.1, -0.05) is 13.0 Å². The molecule has 0 aliphatic carbocycles. The first-order valence-electron chi connectivity index (χ1n) is 7.82. The van der Waals surface area contributed by atoms with Crippen molar-refractivity contribution in [1.29, 1.82) is 0 Å². The maximum Gasteiger partial charge on any atom is 0.239 e. The van der Waals surface area contributed by atoms with Crippen LogP contribution in [0.1, 0.15) is 18.9 Å². The van der Waals surface area contributed by atoms with Gasteiger partial charge in [0.05, 0.1) is 6.54 Å². The fraction of sp³-hybridized carbons (Fsp3) is 0.500.